The number of rotatable bonds is 5. The van der Waals surface area contributed by atoms with Gasteiger partial charge in [-0.05, 0) is 36.6 Å². The van der Waals surface area contributed by atoms with Crippen molar-refractivity contribution in [2.45, 2.75) is 19.4 Å². The molecule has 4 nitrogen and oxygen atoms in total. The Labute approximate surface area is 117 Å². The minimum atomic E-state index is -0.358. The molecule has 3 N–H and O–H groups in total. The topological polar surface area (TPSA) is 60.2 Å². The molecule has 0 bridgehead atoms. The van der Waals surface area contributed by atoms with Gasteiger partial charge in [0.2, 0.25) is 0 Å². The first-order valence-electron chi connectivity index (χ1n) is 6.36. The number of nitrogens with two attached hydrogens (primary N) is 1. The van der Waals surface area contributed by atoms with Gasteiger partial charge in [0.1, 0.15) is 0 Å². The van der Waals surface area contributed by atoms with Crippen molar-refractivity contribution >= 4 is 0 Å². The van der Waals surface area contributed by atoms with Gasteiger partial charge in [0.05, 0.1) is 18.8 Å². The first kappa shape index (κ1) is 14.4. The summed E-state index contributed by atoms with van der Waals surface area (Å²) in [6, 6.07) is 8.64. The number of ether oxygens (including phenoxy) is 1. The quantitative estimate of drug-likeness (QED) is 0.649. The largest absolute Gasteiger partial charge is 0.494 e. The molecule has 0 aliphatic rings. The van der Waals surface area contributed by atoms with Crippen LogP contribution in [0.3, 0.4) is 0 Å². The molecule has 20 heavy (non-hydrogen) atoms. The van der Waals surface area contributed by atoms with E-state index in [0.29, 0.717) is 12.0 Å². The minimum absolute atomic E-state index is 0.232. The molecule has 0 radical (unpaired) electrons. The third kappa shape index (κ3) is 2.95. The van der Waals surface area contributed by atoms with E-state index in [1.165, 1.54) is 7.11 Å². The molecule has 106 valence electrons. The molecule has 1 atom stereocenters. The predicted octanol–water partition coefficient (Wildman–Crippen LogP) is 2.28. The van der Waals surface area contributed by atoms with Crippen LogP contribution in [0.25, 0.3) is 0 Å². The number of hydrazine groups is 1. The van der Waals surface area contributed by atoms with Crippen LogP contribution in [0.15, 0.2) is 36.5 Å². The average molecular weight is 275 g/mol. The summed E-state index contributed by atoms with van der Waals surface area (Å²) in [5.41, 5.74) is 5.07. The van der Waals surface area contributed by atoms with E-state index in [1.807, 2.05) is 19.1 Å². The van der Waals surface area contributed by atoms with Crippen LogP contribution in [0.1, 0.15) is 22.9 Å². The highest BCUT2D eigenvalue weighted by Gasteiger charge is 2.17. The maximum atomic E-state index is 14.2. The number of nitrogens with zero attached hydrogens (tertiary/aromatic N) is 1. The smallest absolute Gasteiger partial charge is 0.168 e. The molecule has 2 aromatic rings. The summed E-state index contributed by atoms with van der Waals surface area (Å²) < 4.78 is 19.2. The van der Waals surface area contributed by atoms with Crippen molar-refractivity contribution in [3.63, 3.8) is 0 Å². The van der Waals surface area contributed by atoms with Gasteiger partial charge >= 0.3 is 0 Å². The predicted molar refractivity (Wildman–Crippen MR) is 75.7 cm³/mol. The molecule has 1 aromatic carbocycles. The zero-order chi connectivity index (χ0) is 14.5. The molecule has 0 aliphatic heterocycles. The third-order valence-electron chi connectivity index (χ3n) is 3.27. The van der Waals surface area contributed by atoms with Crippen molar-refractivity contribution in [3.05, 3.63) is 59.2 Å². The van der Waals surface area contributed by atoms with Crippen LogP contribution in [-0.2, 0) is 6.42 Å². The Morgan fingerprint density at radius 1 is 1.35 bits per heavy atom. The summed E-state index contributed by atoms with van der Waals surface area (Å²) in [6.45, 7) is 1.95. The van der Waals surface area contributed by atoms with Crippen LogP contribution in [0.4, 0.5) is 4.39 Å². The lowest BCUT2D eigenvalue weighted by Crippen LogP contribution is -2.31. The first-order chi connectivity index (χ1) is 9.67. The lowest BCUT2D eigenvalue weighted by atomic mass is 10.00. The van der Waals surface area contributed by atoms with Crippen molar-refractivity contribution in [2.75, 3.05) is 7.11 Å². The van der Waals surface area contributed by atoms with Gasteiger partial charge in [-0.15, -0.1) is 0 Å². The van der Waals surface area contributed by atoms with E-state index in [9.17, 15) is 4.39 Å². The van der Waals surface area contributed by atoms with Gasteiger partial charge in [-0.3, -0.25) is 16.3 Å². The highest BCUT2D eigenvalue weighted by molar-refractivity contribution is 5.33. The zero-order valence-corrected chi connectivity index (χ0v) is 11.6. The molecule has 0 spiro atoms. The average Bonchev–Trinajstić information content (AvgIpc) is 2.47. The van der Waals surface area contributed by atoms with Crippen LogP contribution in [-0.4, -0.2) is 12.1 Å². The van der Waals surface area contributed by atoms with E-state index in [0.717, 1.165) is 11.3 Å². The number of halogens is 1. The fourth-order valence-corrected chi connectivity index (χ4v) is 2.19. The molecule has 1 aromatic heterocycles. The number of methoxy groups -OCH3 is 1. The second kappa shape index (κ2) is 6.45. The number of aryl methyl sites for hydroxylation is 1. The second-order valence-corrected chi connectivity index (χ2v) is 4.56. The molecule has 2 rings (SSSR count). The van der Waals surface area contributed by atoms with Crippen molar-refractivity contribution in [3.8, 4) is 5.75 Å². The molecule has 5 heteroatoms. The summed E-state index contributed by atoms with van der Waals surface area (Å²) >= 11 is 0. The van der Waals surface area contributed by atoms with Crippen LogP contribution in [0, 0.1) is 12.7 Å². The summed E-state index contributed by atoms with van der Waals surface area (Å²) in [6.07, 6.45) is 2.10. The van der Waals surface area contributed by atoms with Crippen LogP contribution < -0.4 is 16.0 Å². The van der Waals surface area contributed by atoms with Gasteiger partial charge in [0.25, 0.3) is 0 Å². The number of hydrogen-bond acceptors (Lipinski definition) is 4. The van der Waals surface area contributed by atoms with Gasteiger partial charge in [-0.25, -0.2) is 4.39 Å². The number of nitrogens with one attached hydrogen (secondary N) is 1. The van der Waals surface area contributed by atoms with Gasteiger partial charge < -0.3 is 4.74 Å². The van der Waals surface area contributed by atoms with Crippen molar-refractivity contribution < 1.29 is 9.13 Å². The Hall–Kier alpha value is -1.98. The van der Waals surface area contributed by atoms with Gasteiger partial charge in [-0.2, -0.15) is 0 Å². The summed E-state index contributed by atoms with van der Waals surface area (Å²) in [5, 5.41) is 0. The Bertz CT molecular complexity index is 589. The molecule has 0 saturated heterocycles. The highest BCUT2D eigenvalue weighted by Crippen LogP contribution is 2.25. The van der Waals surface area contributed by atoms with Crippen LogP contribution in [0.2, 0.25) is 0 Å². The highest BCUT2D eigenvalue weighted by atomic mass is 19.1. The van der Waals surface area contributed by atoms with Crippen LogP contribution >= 0.6 is 0 Å². The lowest BCUT2D eigenvalue weighted by Gasteiger charge is -2.18. The van der Waals surface area contributed by atoms with E-state index in [-0.39, 0.29) is 17.6 Å². The molecular formula is C15H18FN3O. The monoisotopic (exact) mass is 275 g/mol. The summed E-state index contributed by atoms with van der Waals surface area (Å²) in [5.74, 6) is 5.47. The first-order valence-corrected chi connectivity index (χ1v) is 6.36. The van der Waals surface area contributed by atoms with Crippen molar-refractivity contribution in [1.29, 1.82) is 0 Å². The Kier molecular flexibility index (Phi) is 4.65. The molecule has 0 fully saturated rings. The normalized spacial score (nSPS) is 12.2. The standard InChI is InChI=1S/C15H18FN3O/c1-10-5-4-8-18-15(10)12(19-17)9-11-6-3-7-13(20-2)14(11)16/h3-8,12,19H,9,17H2,1-2H3. The molecule has 0 aliphatic carbocycles. The van der Waals surface area contributed by atoms with Gasteiger partial charge in [0, 0.05) is 6.20 Å². The van der Waals surface area contributed by atoms with Gasteiger partial charge in [-0.1, -0.05) is 18.2 Å². The zero-order valence-electron chi connectivity index (χ0n) is 11.6. The molecule has 0 saturated carbocycles. The van der Waals surface area contributed by atoms with E-state index >= 15 is 0 Å². The summed E-state index contributed by atoms with van der Waals surface area (Å²) in [7, 11) is 1.45. The number of benzene rings is 1. The van der Waals surface area contributed by atoms with Crippen LogP contribution in [0.5, 0.6) is 5.75 Å². The third-order valence-corrected chi connectivity index (χ3v) is 3.27. The second-order valence-electron chi connectivity index (χ2n) is 4.56. The number of pyridine rings is 1. The van der Waals surface area contributed by atoms with E-state index in [4.69, 9.17) is 10.6 Å². The van der Waals surface area contributed by atoms with E-state index in [2.05, 4.69) is 10.4 Å². The maximum Gasteiger partial charge on any atom is 0.168 e. The SMILES string of the molecule is COc1cccc(CC(NN)c2ncccc2C)c1F. The van der Waals surface area contributed by atoms with E-state index in [1.54, 1.807) is 24.4 Å². The van der Waals surface area contributed by atoms with E-state index < -0.39 is 0 Å². The van der Waals surface area contributed by atoms with Crippen molar-refractivity contribution in [1.82, 2.24) is 10.4 Å². The van der Waals surface area contributed by atoms with Crippen molar-refractivity contribution in [2.24, 2.45) is 5.84 Å². The molecular weight excluding hydrogens is 257 g/mol. The molecule has 0 amide bonds. The summed E-state index contributed by atoms with van der Waals surface area (Å²) in [4.78, 5) is 4.32. The Morgan fingerprint density at radius 3 is 2.80 bits per heavy atom. The Morgan fingerprint density at radius 2 is 2.15 bits per heavy atom. The lowest BCUT2D eigenvalue weighted by molar-refractivity contribution is 0.382. The number of hydrogen-bond donors (Lipinski definition) is 2. The Balaban J connectivity index is 2.30. The van der Waals surface area contributed by atoms with Gasteiger partial charge in [0.15, 0.2) is 11.6 Å². The molecule has 1 heterocycles. The molecule has 1 unspecified atom stereocenters. The fourth-order valence-electron chi connectivity index (χ4n) is 2.19. The number of aromatic nitrogens is 1. The fraction of sp³-hybridized carbons (Fsp3) is 0.267. The minimum Gasteiger partial charge on any atom is -0.494 e. The maximum absolute atomic E-state index is 14.2.